The first-order valence-corrected chi connectivity index (χ1v) is 20.1. The first-order valence-electron chi connectivity index (χ1n) is 17.8. The van der Waals surface area contributed by atoms with Gasteiger partial charge in [-0.3, -0.25) is 0 Å². The van der Waals surface area contributed by atoms with Gasteiger partial charge in [0.1, 0.15) is 5.69 Å². The second-order valence-corrected chi connectivity index (χ2v) is 19.0. The summed E-state index contributed by atoms with van der Waals surface area (Å²) in [5.41, 5.74) is -19.7. The summed E-state index contributed by atoms with van der Waals surface area (Å²) < 4.78 is 333. The van der Waals surface area contributed by atoms with Crippen LogP contribution < -0.4 is 22.6 Å². The van der Waals surface area contributed by atoms with Gasteiger partial charge < -0.3 is 4.90 Å². The summed E-state index contributed by atoms with van der Waals surface area (Å²) in [6.45, 7) is 0. The minimum absolute atomic E-state index is 0.644. The predicted molar refractivity (Wildman–Crippen MR) is 189 cm³/mol. The summed E-state index contributed by atoms with van der Waals surface area (Å²) in [5.74, 6) is 0. The Morgan fingerprint density at radius 3 is 0.561 bits per heavy atom. The molecule has 0 saturated heterocycles. The van der Waals surface area contributed by atoms with E-state index in [1.54, 1.807) is 0 Å². The topological polar surface area (TPSA) is 4.44 Å². The summed E-state index contributed by atoms with van der Waals surface area (Å²) in [6, 6.07) is 2.02. The highest BCUT2D eigenvalue weighted by molar-refractivity contribution is 7.20. The molecule has 0 saturated carbocycles. The summed E-state index contributed by atoms with van der Waals surface area (Å²) in [6.07, 6.45) is -48.9. The Hall–Kier alpha value is -5.09. The Morgan fingerprint density at radius 1 is 0.273 bits per heavy atom. The number of benzene rings is 5. The molecule has 1 nitrogen and oxygen atoms in total. The number of alkyl halides is 24. The van der Waals surface area contributed by atoms with Gasteiger partial charge in [0.05, 0.1) is 58.6 Å². The van der Waals surface area contributed by atoms with Crippen LogP contribution in [0.15, 0.2) is 103 Å². The molecule has 0 bridgehead atoms. The third kappa shape index (κ3) is 12.3. The molecule has 0 aliphatic rings. The number of halogens is 24. The fourth-order valence-electron chi connectivity index (χ4n) is 6.84. The molecule has 0 heterocycles. The van der Waals surface area contributed by atoms with Crippen molar-refractivity contribution in [2.24, 2.45) is 0 Å². The van der Waals surface area contributed by atoms with Crippen molar-refractivity contribution in [3.63, 3.8) is 0 Å². The summed E-state index contributed by atoms with van der Waals surface area (Å²) in [4.78, 5) is 1.37. The molecule has 0 unspecified atom stereocenters. The minimum atomic E-state index is -7.69. The molecule has 5 aromatic carbocycles. The van der Waals surface area contributed by atoms with Gasteiger partial charge in [-0.25, -0.2) is 17.7 Å². The van der Waals surface area contributed by atoms with Crippen LogP contribution in [0.5, 0.6) is 0 Å². The van der Waals surface area contributed by atoms with E-state index < -0.39 is 197 Å². The molecule has 66 heavy (non-hydrogen) atoms. The lowest BCUT2D eigenvalue weighted by molar-refractivity contribution is -0.786. The van der Waals surface area contributed by atoms with E-state index in [0.717, 1.165) is 0 Å². The van der Waals surface area contributed by atoms with E-state index >= 15 is 0 Å². The lowest BCUT2D eigenvalue weighted by Crippen LogP contribution is -3.00. The van der Waals surface area contributed by atoms with Gasteiger partial charge in [0.2, 0.25) is 0 Å². The first kappa shape index (κ1) is 53.5. The standard InChI is InChI=1S/4C8H3F6.C8H11N.Al/c4*9-7(10,11)5-2-1-3-6(4-5)8(12,13)14;1-9(2)8-6-4-3-5-7-8;/h4*2-4H;3-7H,1-2H3;/q;;;;;-1/p+1. The average molecular weight is 1000 g/mol. The highest BCUT2D eigenvalue weighted by Gasteiger charge is 2.49. The molecule has 0 aliphatic heterocycles. The lowest BCUT2D eigenvalue weighted by Gasteiger charge is -2.43. The fourth-order valence-corrected chi connectivity index (χ4v) is 12.6. The van der Waals surface area contributed by atoms with Gasteiger partial charge in [-0.05, 0) is 36.4 Å². The Bertz CT molecular complexity index is 2060. The number of hydrogen-bond acceptors (Lipinski definition) is 0. The van der Waals surface area contributed by atoms with Crippen molar-refractivity contribution in [2.75, 3.05) is 14.1 Å². The van der Waals surface area contributed by atoms with E-state index in [0.29, 0.717) is 0 Å². The maximum Gasteiger partial charge on any atom is 0.416 e. The number of quaternary nitrogens is 1. The van der Waals surface area contributed by atoms with Gasteiger partial charge in [0.25, 0.3) is 13.1 Å². The van der Waals surface area contributed by atoms with Gasteiger partial charge in [-0.15, -0.1) is 0 Å². The monoisotopic (exact) mass is 1000 g/mol. The Morgan fingerprint density at radius 2 is 0.439 bits per heavy atom. The van der Waals surface area contributed by atoms with Crippen LogP contribution >= 0.6 is 0 Å². The second-order valence-electron chi connectivity index (χ2n) is 14.6. The number of rotatable bonds is 5. The average Bonchev–Trinajstić information content (AvgIpc) is 3.15. The van der Waals surface area contributed by atoms with Crippen LogP contribution in [0.1, 0.15) is 44.5 Å². The van der Waals surface area contributed by atoms with Gasteiger partial charge in [0, 0.05) is 0 Å². The number of nitrogens with one attached hydrogen (secondary N) is 1. The van der Waals surface area contributed by atoms with Crippen LogP contribution in [0.2, 0.25) is 0 Å². The smallest absolute Gasteiger partial charge is 0.307 e. The lowest BCUT2D eigenvalue weighted by atomic mass is 10.1. The van der Waals surface area contributed by atoms with E-state index in [2.05, 4.69) is 38.4 Å². The summed E-state index contributed by atoms with van der Waals surface area (Å²) >= 11 is -7.69. The molecule has 0 radical (unpaired) electrons. The highest BCUT2D eigenvalue weighted by Crippen LogP contribution is 2.41. The molecule has 0 fully saturated rings. The molecular formula is C40H24AlF24N. The van der Waals surface area contributed by atoms with Crippen LogP contribution in [0.25, 0.3) is 0 Å². The Kier molecular flexibility index (Phi) is 14.5. The molecule has 360 valence electrons. The first-order chi connectivity index (χ1) is 29.6. The fraction of sp³-hybridized carbons (Fsp3) is 0.250. The van der Waals surface area contributed by atoms with E-state index in [-0.39, 0.29) is 0 Å². The number of para-hydroxylation sites is 1. The molecule has 0 amide bonds. The van der Waals surface area contributed by atoms with Crippen molar-refractivity contribution in [1.29, 1.82) is 0 Å². The SMILES string of the molecule is C[NH+](C)c1ccccc1.FC(F)(F)c1cc(C(F)(F)F)c[c]([Al-]([c]2cc(C(F)(F)F)cc(C(F)(F)F)c2)([c]2cc(C(F)(F)F)cc(C(F)(F)F)c2)[c]2cc(C(F)(F)F)cc(C(F)(F)F)c2)c1. The largest absolute Gasteiger partial charge is 0.416 e. The molecule has 0 aliphatic carbocycles. The van der Waals surface area contributed by atoms with Gasteiger partial charge in [-0.1, -0.05) is 66.7 Å². The number of hydrogen-bond donors (Lipinski definition) is 1. The van der Waals surface area contributed by atoms with Gasteiger partial charge in [0.15, 0.2) is 0 Å². The van der Waals surface area contributed by atoms with Crippen LogP contribution in [-0.2, 0) is 49.4 Å². The molecule has 0 spiro atoms. The van der Waals surface area contributed by atoms with Gasteiger partial charge in [-0.2, -0.15) is 105 Å². The van der Waals surface area contributed by atoms with E-state index in [1.807, 2.05) is 6.07 Å². The Balaban J connectivity index is 0.000000942. The molecule has 0 atom stereocenters. The molecular weight excluding hydrogens is 977 g/mol. The predicted octanol–water partition coefficient (Wildman–Crippen LogP) is 11.7. The third-order valence-corrected chi connectivity index (χ3v) is 15.1. The van der Waals surface area contributed by atoms with Crippen molar-refractivity contribution in [2.45, 2.75) is 49.4 Å². The highest BCUT2D eigenvalue weighted by atomic mass is 27.2. The maximum absolute atomic E-state index is 14.2. The Labute approximate surface area is 357 Å². The van der Waals surface area contributed by atoms with Gasteiger partial charge >= 0.3 is 49.4 Å². The molecule has 5 aromatic rings. The van der Waals surface area contributed by atoms with Crippen LogP contribution in [0, 0.1) is 0 Å². The zero-order valence-electron chi connectivity index (χ0n) is 32.5. The van der Waals surface area contributed by atoms with E-state index in [9.17, 15) is 105 Å². The van der Waals surface area contributed by atoms with E-state index in [4.69, 9.17) is 0 Å². The van der Waals surface area contributed by atoms with Crippen LogP contribution in [-0.4, -0.2) is 27.2 Å². The zero-order chi connectivity index (χ0) is 50.6. The molecule has 1 N–H and O–H groups in total. The van der Waals surface area contributed by atoms with Crippen molar-refractivity contribution in [3.05, 3.63) is 148 Å². The minimum Gasteiger partial charge on any atom is -0.307 e. The summed E-state index contributed by atoms with van der Waals surface area (Å²) in [7, 11) is 4.24. The molecule has 0 aromatic heterocycles. The second kappa shape index (κ2) is 17.9. The quantitative estimate of drug-likeness (QED) is 0.132. The third-order valence-electron chi connectivity index (χ3n) is 9.79. The van der Waals surface area contributed by atoms with E-state index in [1.165, 1.54) is 10.6 Å². The van der Waals surface area contributed by atoms with Crippen molar-refractivity contribution < 1.29 is 110 Å². The van der Waals surface area contributed by atoms with Crippen molar-refractivity contribution >= 4 is 36.5 Å². The summed E-state index contributed by atoms with van der Waals surface area (Å²) in [5, 5.41) is 0. The van der Waals surface area contributed by atoms with Crippen LogP contribution in [0.3, 0.4) is 0 Å². The maximum atomic E-state index is 14.2. The van der Waals surface area contributed by atoms with Crippen LogP contribution in [0.4, 0.5) is 111 Å². The zero-order valence-corrected chi connectivity index (χ0v) is 33.6. The molecule has 5 rings (SSSR count). The normalized spacial score (nSPS) is 13.7. The van der Waals surface area contributed by atoms with Crippen molar-refractivity contribution in [3.8, 4) is 0 Å². The van der Waals surface area contributed by atoms with Crippen molar-refractivity contribution in [1.82, 2.24) is 0 Å². The molecule has 26 heteroatoms.